The maximum absolute atomic E-state index is 13.3. The maximum atomic E-state index is 13.3. The molecule has 0 radical (unpaired) electrons. The third kappa shape index (κ3) is 5.35. The van der Waals surface area contributed by atoms with E-state index < -0.39 is 10.0 Å². The smallest absolute Gasteiger partial charge is 0.258 e. The summed E-state index contributed by atoms with van der Waals surface area (Å²) in [5, 5.41) is 0. The van der Waals surface area contributed by atoms with E-state index in [2.05, 4.69) is 4.72 Å². The van der Waals surface area contributed by atoms with E-state index in [4.69, 9.17) is 9.47 Å². The number of carbonyl (C=O) groups excluding carboxylic acids is 1. The van der Waals surface area contributed by atoms with Crippen molar-refractivity contribution in [2.45, 2.75) is 17.7 Å². The lowest BCUT2D eigenvalue weighted by Crippen LogP contribution is -2.35. The molecule has 0 unspecified atom stereocenters. The average molecular weight is 467 g/mol. The van der Waals surface area contributed by atoms with Crippen molar-refractivity contribution in [3.8, 4) is 11.5 Å². The van der Waals surface area contributed by atoms with Crippen molar-refractivity contribution in [3.05, 3.63) is 83.9 Å². The summed E-state index contributed by atoms with van der Waals surface area (Å²) in [4.78, 5) is 15.0. The Labute approximate surface area is 194 Å². The Bertz CT molecular complexity index is 1230. The van der Waals surface area contributed by atoms with E-state index >= 15 is 0 Å². The molecule has 1 aliphatic heterocycles. The van der Waals surface area contributed by atoms with Crippen LogP contribution in [0.5, 0.6) is 11.5 Å². The molecule has 33 heavy (non-hydrogen) atoms. The summed E-state index contributed by atoms with van der Waals surface area (Å²) in [6, 6.07) is 20.9. The van der Waals surface area contributed by atoms with Crippen molar-refractivity contribution >= 4 is 21.6 Å². The molecule has 0 aromatic heterocycles. The van der Waals surface area contributed by atoms with E-state index in [1.807, 2.05) is 36.4 Å². The maximum Gasteiger partial charge on any atom is 0.258 e. The first kappa shape index (κ1) is 22.8. The monoisotopic (exact) mass is 466 g/mol. The summed E-state index contributed by atoms with van der Waals surface area (Å²) in [5.74, 6) is 1.19. The quantitative estimate of drug-likeness (QED) is 0.513. The van der Waals surface area contributed by atoms with Gasteiger partial charge in [0, 0.05) is 24.3 Å². The minimum Gasteiger partial charge on any atom is -0.497 e. The molecule has 8 heteroatoms. The number of amides is 1. The van der Waals surface area contributed by atoms with Crippen molar-refractivity contribution in [2.24, 2.45) is 0 Å². The normalized spacial score (nSPS) is 13.3. The highest BCUT2D eigenvalue weighted by atomic mass is 32.2. The van der Waals surface area contributed by atoms with Gasteiger partial charge < -0.3 is 14.4 Å². The minimum absolute atomic E-state index is 0.0417. The van der Waals surface area contributed by atoms with E-state index in [1.165, 1.54) is 12.1 Å². The summed E-state index contributed by atoms with van der Waals surface area (Å²) in [6.07, 6.45) is 1.69. The van der Waals surface area contributed by atoms with Crippen LogP contribution in [-0.4, -0.2) is 41.1 Å². The molecule has 0 saturated heterocycles. The van der Waals surface area contributed by atoms with Crippen LogP contribution < -0.4 is 19.1 Å². The van der Waals surface area contributed by atoms with Gasteiger partial charge in [0.25, 0.3) is 5.91 Å². The number of methoxy groups -OCH3 is 1. The van der Waals surface area contributed by atoms with E-state index in [1.54, 1.807) is 36.3 Å². The van der Waals surface area contributed by atoms with Crippen molar-refractivity contribution in [3.63, 3.8) is 0 Å². The van der Waals surface area contributed by atoms with Crippen LogP contribution in [0.4, 0.5) is 5.69 Å². The molecular weight excluding hydrogens is 440 g/mol. The van der Waals surface area contributed by atoms with Gasteiger partial charge in [0.15, 0.2) is 0 Å². The van der Waals surface area contributed by atoms with Gasteiger partial charge in [0.1, 0.15) is 18.1 Å². The van der Waals surface area contributed by atoms with Gasteiger partial charge in [-0.2, -0.15) is 0 Å². The second-order valence-electron chi connectivity index (χ2n) is 7.64. The molecule has 3 aromatic rings. The molecule has 1 amide bonds. The third-order valence-corrected chi connectivity index (χ3v) is 6.91. The SMILES string of the molecule is COc1ccc2c(c1)CCCN2C(=O)c1cccc(S(=O)(=O)NCCOc2ccccc2)c1. The number of para-hydroxylation sites is 1. The van der Waals surface area contributed by atoms with Crippen LogP contribution in [0.15, 0.2) is 77.7 Å². The fraction of sp³-hybridized carbons (Fsp3) is 0.240. The molecule has 4 rings (SSSR count). The zero-order chi connectivity index (χ0) is 23.3. The van der Waals surface area contributed by atoms with Gasteiger partial charge >= 0.3 is 0 Å². The number of sulfonamides is 1. The Morgan fingerprint density at radius 2 is 1.82 bits per heavy atom. The van der Waals surface area contributed by atoms with Crippen LogP contribution in [0, 0.1) is 0 Å². The van der Waals surface area contributed by atoms with Crippen LogP contribution in [-0.2, 0) is 16.4 Å². The van der Waals surface area contributed by atoms with Crippen molar-refractivity contribution in [2.75, 3.05) is 31.7 Å². The van der Waals surface area contributed by atoms with Crippen LogP contribution in [0.25, 0.3) is 0 Å². The van der Waals surface area contributed by atoms with Crippen LogP contribution in [0.2, 0.25) is 0 Å². The van der Waals surface area contributed by atoms with E-state index in [0.717, 1.165) is 29.8 Å². The van der Waals surface area contributed by atoms with Gasteiger partial charge in [-0.3, -0.25) is 4.79 Å². The van der Waals surface area contributed by atoms with Crippen LogP contribution >= 0.6 is 0 Å². The Kier molecular flexibility index (Phi) is 6.96. The molecule has 1 N–H and O–H groups in total. The largest absolute Gasteiger partial charge is 0.497 e. The molecule has 172 valence electrons. The first-order valence-electron chi connectivity index (χ1n) is 10.7. The summed E-state index contributed by atoms with van der Waals surface area (Å²) < 4.78 is 38.9. The Hall–Kier alpha value is -3.36. The Balaban J connectivity index is 1.46. The molecule has 1 aliphatic rings. The lowest BCUT2D eigenvalue weighted by atomic mass is 10.0. The predicted octanol–water partition coefficient (Wildman–Crippen LogP) is 3.65. The second-order valence-corrected chi connectivity index (χ2v) is 9.41. The standard InChI is InChI=1S/C25H26N2O5S/c1-31-22-12-13-24-19(17-22)8-6-15-27(24)25(28)20-7-5-11-23(18-20)33(29,30)26-14-16-32-21-9-3-2-4-10-21/h2-5,7,9-13,17-18,26H,6,8,14-16H2,1H3. The average Bonchev–Trinajstić information content (AvgIpc) is 2.86. The number of benzene rings is 3. The molecule has 7 nitrogen and oxygen atoms in total. The van der Waals surface area contributed by atoms with E-state index in [0.29, 0.717) is 17.9 Å². The molecule has 0 saturated carbocycles. The van der Waals surface area contributed by atoms with Crippen LogP contribution in [0.3, 0.4) is 0 Å². The second kappa shape index (κ2) is 10.1. The first-order valence-corrected chi connectivity index (χ1v) is 12.2. The number of anilines is 1. The summed E-state index contributed by atoms with van der Waals surface area (Å²) in [6.45, 7) is 0.872. The molecule has 0 atom stereocenters. The van der Waals surface area contributed by atoms with Crippen LogP contribution in [0.1, 0.15) is 22.3 Å². The number of aryl methyl sites for hydroxylation is 1. The number of fused-ring (bicyclic) bond motifs is 1. The van der Waals surface area contributed by atoms with Gasteiger partial charge in [-0.1, -0.05) is 24.3 Å². The number of carbonyl (C=O) groups is 1. The number of nitrogens with one attached hydrogen (secondary N) is 1. The Morgan fingerprint density at radius 3 is 2.61 bits per heavy atom. The highest BCUT2D eigenvalue weighted by Gasteiger charge is 2.25. The van der Waals surface area contributed by atoms with Crippen molar-refractivity contribution in [1.29, 1.82) is 0 Å². The molecule has 1 heterocycles. The summed E-state index contributed by atoms with van der Waals surface area (Å²) in [5.41, 5.74) is 2.19. The van der Waals surface area contributed by atoms with Gasteiger partial charge in [0.05, 0.1) is 12.0 Å². The summed E-state index contributed by atoms with van der Waals surface area (Å²) >= 11 is 0. The molecule has 0 spiro atoms. The number of rotatable bonds is 8. The molecule has 3 aromatic carbocycles. The number of nitrogens with zero attached hydrogens (tertiary/aromatic N) is 1. The fourth-order valence-corrected chi connectivity index (χ4v) is 4.87. The minimum atomic E-state index is -3.79. The third-order valence-electron chi connectivity index (χ3n) is 5.45. The zero-order valence-corrected chi connectivity index (χ0v) is 19.2. The zero-order valence-electron chi connectivity index (χ0n) is 18.4. The highest BCUT2D eigenvalue weighted by molar-refractivity contribution is 7.89. The molecule has 0 bridgehead atoms. The van der Waals surface area contributed by atoms with Crippen molar-refractivity contribution < 1.29 is 22.7 Å². The highest BCUT2D eigenvalue weighted by Crippen LogP contribution is 2.31. The van der Waals surface area contributed by atoms with E-state index in [9.17, 15) is 13.2 Å². The number of hydrogen-bond donors (Lipinski definition) is 1. The van der Waals surface area contributed by atoms with Crippen molar-refractivity contribution in [1.82, 2.24) is 4.72 Å². The number of ether oxygens (including phenoxy) is 2. The molecular formula is C25H26N2O5S. The predicted molar refractivity (Wildman–Crippen MR) is 127 cm³/mol. The van der Waals surface area contributed by atoms with E-state index in [-0.39, 0.29) is 24.0 Å². The van der Waals surface area contributed by atoms with Gasteiger partial charge in [0.2, 0.25) is 10.0 Å². The lowest BCUT2D eigenvalue weighted by molar-refractivity contribution is 0.0985. The molecule has 0 fully saturated rings. The lowest BCUT2D eigenvalue weighted by Gasteiger charge is -2.30. The van der Waals surface area contributed by atoms with Gasteiger partial charge in [-0.15, -0.1) is 0 Å². The number of hydrogen-bond acceptors (Lipinski definition) is 5. The fourth-order valence-electron chi connectivity index (χ4n) is 3.81. The molecule has 0 aliphatic carbocycles. The summed E-state index contributed by atoms with van der Waals surface area (Å²) in [7, 11) is -2.18. The van der Waals surface area contributed by atoms with Gasteiger partial charge in [-0.05, 0) is 66.9 Å². The topological polar surface area (TPSA) is 84.9 Å². The van der Waals surface area contributed by atoms with Gasteiger partial charge in [-0.25, -0.2) is 13.1 Å². The first-order chi connectivity index (χ1) is 16.0. The Morgan fingerprint density at radius 1 is 1.00 bits per heavy atom.